The van der Waals surface area contributed by atoms with E-state index < -0.39 is 0 Å². The number of hydrogen-bond donors (Lipinski definition) is 1. The van der Waals surface area contributed by atoms with E-state index in [0.717, 1.165) is 11.9 Å². The predicted molar refractivity (Wildman–Crippen MR) is 99.0 cm³/mol. The molecule has 126 valence electrons. The SMILES string of the molecule is Cc1ccccc1[C@H]1CCN(C(=O)c2c[nH]c3ccccc3c2=O)C1. The highest BCUT2D eigenvalue weighted by Crippen LogP contribution is 2.29. The molecule has 4 nitrogen and oxygen atoms in total. The highest BCUT2D eigenvalue weighted by molar-refractivity contribution is 5.97. The average Bonchev–Trinajstić information content (AvgIpc) is 3.12. The first-order valence-electron chi connectivity index (χ1n) is 8.60. The molecule has 4 rings (SSSR count). The normalized spacial score (nSPS) is 17.2. The number of rotatable bonds is 2. The number of aromatic nitrogens is 1. The molecule has 4 heteroatoms. The standard InChI is InChI=1S/C21H20N2O2/c1-14-6-2-3-7-16(14)15-10-11-23(13-15)21(25)18-12-22-19-9-5-4-8-17(19)20(18)24/h2-9,12,15H,10-11,13H2,1H3,(H,22,24)/t15-/m0/s1. The number of H-pyrrole nitrogens is 1. The number of aryl methyl sites for hydroxylation is 1. The maximum absolute atomic E-state index is 12.9. The molecule has 2 aromatic carbocycles. The lowest BCUT2D eigenvalue weighted by Gasteiger charge is -2.17. The van der Waals surface area contributed by atoms with Crippen LogP contribution in [0.5, 0.6) is 0 Å². The van der Waals surface area contributed by atoms with Crippen molar-refractivity contribution in [3.63, 3.8) is 0 Å². The molecule has 1 atom stereocenters. The zero-order valence-electron chi connectivity index (χ0n) is 14.2. The maximum atomic E-state index is 12.9. The summed E-state index contributed by atoms with van der Waals surface area (Å²) < 4.78 is 0. The third-order valence-electron chi connectivity index (χ3n) is 5.12. The van der Waals surface area contributed by atoms with E-state index in [1.807, 2.05) is 30.3 Å². The molecule has 1 amide bonds. The van der Waals surface area contributed by atoms with Gasteiger partial charge in [0.15, 0.2) is 0 Å². The Morgan fingerprint density at radius 1 is 1.12 bits per heavy atom. The molecule has 1 N–H and O–H groups in total. The summed E-state index contributed by atoms with van der Waals surface area (Å²) in [6, 6.07) is 15.6. The first-order chi connectivity index (χ1) is 12.1. The van der Waals surface area contributed by atoms with E-state index in [4.69, 9.17) is 0 Å². The number of nitrogens with one attached hydrogen (secondary N) is 1. The Morgan fingerprint density at radius 2 is 1.88 bits per heavy atom. The van der Waals surface area contributed by atoms with E-state index in [1.54, 1.807) is 17.2 Å². The van der Waals surface area contributed by atoms with Gasteiger partial charge in [0.25, 0.3) is 5.91 Å². The average molecular weight is 332 g/mol. The van der Waals surface area contributed by atoms with Crippen LogP contribution in [0.2, 0.25) is 0 Å². The summed E-state index contributed by atoms with van der Waals surface area (Å²) >= 11 is 0. The van der Waals surface area contributed by atoms with Crippen LogP contribution in [0.1, 0.15) is 33.8 Å². The summed E-state index contributed by atoms with van der Waals surface area (Å²) in [5.41, 5.74) is 3.33. The van der Waals surface area contributed by atoms with E-state index in [2.05, 4.69) is 24.0 Å². The molecular formula is C21H20N2O2. The largest absolute Gasteiger partial charge is 0.360 e. The molecule has 1 fully saturated rings. The summed E-state index contributed by atoms with van der Waals surface area (Å²) in [5.74, 6) is 0.160. The molecule has 0 spiro atoms. The van der Waals surface area contributed by atoms with E-state index in [9.17, 15) is 9.59 Å². The van der Waals surface area contributed by atoms with Crippen LogP contribution in [0, 0.1) is 6.92 Å². The Hall–Kier alpha value is -2.88. The molecular weight excluding hydrogens is 312 g/mol. The van der Waals surface area contributed by atoms with E-state index in [-0.39, 0.29) is 16.9 Å². The van der Waals surface area contributed by atoms with Crippen molar-refractivity contribution in [1.82, 2.24) is 9.88 Å². The molecule has 3 aromatic rings. The minimum atomic E-state index is -0.196. The van der Waals surface area contributed by atoms with E-state index >= 15 is 0 Å². The number of hydrogen-bond acceptors (Lipinski definition) is 2. The Morgan fingerprint density at radius 3 is 2.72 bits per heavy atom. The predicted octanol–water partition coefficient (Wildman–Crippen LogP) is 3.47. The van der Waals surface area contributed by atoms with Gasteiger partial charge in [-0.1, -0.05) is 36.4 Å². The highest BCUT2D eigenvalue weighted by Gasteiger charge is 2.29. The number of likely N-dealkylation sites (tertiary alicyclic amines) is 1. The number of para-hydroxylation sites is 1. The van der Waals surface area contributed by atoms with Crippen molar-refractivity contribution in [2.45, 2.75) is 19.3 Å². The summed E-state index contributed by atoms with van der Waals surface area (Å²) in [5, 5.41) is 0.558. The molecule has 1 saturated heterocycles. The van der Waals surface area contributed by atoms with Crippen molar-refractivity contribution in [3.8, 4) is 0 Å². The van der Waals surface area contributed by atoms with E-state index in [0.29, 0.717) is 24.4 Å². The van der Waals surface area contributed by atoms with Crippen molar-refractivity contribution in [2.75, 3.05) is 13.1 Å². The van der Waals surface area contributed by atoms with Crippen molar-refractivity contribution in [2.24, 2.45) is 0 Å². The second kappa shape index (κ2) is 6.20. The molecule has 0 unspecified atom stereocenters. The van der Waals surface area contributed by atoms with Crippen LogP contribution in [0.25, 0.3) is 10.9 Å². The van der Waals surface area contributed by atoms with Crippen molar-refractivity contribution < 1.29 is 4.79 Å². The van der Waals surface area contributed by atoms with Crippen LogP contribution in [0.3, 0.4) is 0 Å². The minimum Gasteiger partial charge on any atom is -0.360 e. The van der Waals surface area contributed by atoms with Gasteiger partial charge in [0.2, 0.25) is 5.43 Å². The van der Waals surface area contributed by atoms with Crippen LogP contribution in [0.4, 0.5) is 0 Å². The van der Waals surface area contributed by atoms with Crippen LogP contribution in [0.15, 0.2) is 59.5 Å². The van der Waals surface area contributed by atoms with Crippen LogP contribution >= 0.6 is 0 Å². The van der Waals surface area contributed by atoms with Gasteiger partial charge in [-0.3, -0.25) is 9.59 Å². The number of benzene rings is 2. The molecule has 0 bridgehead atoms. The molecule has 0 aliphatic carbocycles. The minimum absolute atomic E-state index is 0.178. The number of carbonyl (C=O) groups excluding carboxylic acids is 1. The summed E-state index contributed by atoms with van der Waals surface area (Å²) in [4.78, 5) is 30.4. The lowest BCUT2D eigenvalue weighted by Crippen LogP contribution is -2.32. The lowest BCUT2D eigenvalue weighted by molar-refractivity contribution is 0.0789. The topological polar surface area (TPSA) is 53.2 Å². The molecule has 25 heavy (non-hydrogen) atoms. The molecule has 1 aliphatic rings. The zero-order valence-corrected chi connectivity index (χ0v) is 14.2. The van der Waals surface area contributed by atoms with Gasteiger partial charge in [-0.25, -0.2) is 0 Å². The van der Waals surface area contributed by atoms with Crippen molar-refractivity contribution in [3.05, 3.63) is 81.6 Å². The monoisotopic (exact) mass is 332 g/mol. The Balaban J connectivity index is 1.61. The molecule has 1 aliphatic heterocycles. The smallest absolute Gasteiger partial charge is 0.259 e. The van der Waals surface area contributed by atoms with Crippen LogP contribution in [-0.4, -0.2) is 28.9 Å². The zero-order chi connectivity index (χ0) is 17.4. The Labute approximate surface area is 146 Å². The highest BCUT2D eigenvalue weighted by atomic mass is 16.2. The molecule has 1 aromatic heterocycles. The van der Waals surface area contributed by atoms with Gasteiger partial charge in [0.05, 0.1) is 0 Å². The first kappa shape index (κ1) is 15.6. The van der Waals surface area contributed by atoms with Gasteiger partial charge >= 0.3 is 0 Å². The number of carbonyl (C=O) groups is 1. The summed E-state index contributed by atoms with van der Waals surface area (Å²) in [6.07, 6.45) is 2.48. The number of fused-ring (bicyclic) bond motifs is 1. The molecule has 0 saturated carbocycles. The lowest BCUT2D eigenvalue weighted by atomic mass is 9.94. The quantitative estimate of drug-likeness (QED) is 0.781. The summed E-state index contributed by atoms with van der Waals surface area (Å²) in [6.45, 7) is 3.45. The fourth-order valence-corrected chi connectivity index (χ4v) is 3.74. The number of aromatic amines is 1. The van der Waals surface area contributed by atoms with Gasteiger partial charge in [-0.2, -0.15) is 0 Å². The van der Waals surface area contributed by atoms with Crippen molar-refractivity contribution >= 4 is 16.8 Å². The van der Waals surface area contributed by atoms with Crippen molar-refractivity contribution in [1.29, 1.82) is 0 Å². The third-order valence-corrected chi connectivity index (χ3v) is 5.12. The second-order valence-corrected chi connectivity index (χ2v) is 6.67. The van der Waals surface area contributed by atoms with Gasteiger partial charge in [0, 0.05) is 36.1 Å². The number of nitrogens with zero attached hydrogens (tertiary/aromatic N) is 1. The Bertz CT molecular complexity index is 1010. The number of amides is 1. The second-order valence-electron chi connectivity index (χ2n) is 6.67. The molecule has 0 radical (unpaired) electrons. The van der Waals surface area contributed by atoms with Gasteiger partial charge in [-0.05, 0) is 36.6 Å². The summed E-state index contributed by atoms with van der Waals surface area (Å²) in [7, 11) is 0. The van der Waals surface area contributed by atoms with Crippen LogP contribution in [-0.2, 0) is 0 Å². The van der Waals surface area contributed by atoms with Gasteiger partial charge in [0.1, 0.15) is 5.56 Å². The number of pyridine rings is 1. The third kappa shape index (κ3) is 2.74. The van der Waals surface area contributed by atoms with Crippen LogP contribution < -0.4 is 5.43 Å². The van der Waals surface area contributed by atoms with Gasteiger partial charge in [-0.15, -0.1) is 0 Å². The fourth-order valence-electron chi connectivity index (χ4n) is 3.74. The molecule has 2 heterocycles. The maximum Gasteiger partial charge on any atom is 0.259 e. The Kier molecular flexibility index (Phi) is 3.88. The fraction of sp³-hybridized carbons (Fsp3) is 0.238. The first-order valence-corrected chi connectivity index (χ1v) is 8.60. The van der Waals surface area contributed by atoms with Gasteiger partial charge < -0.3 is 9.88 Å². The van der Waals surface area contributed by atoms with E-state index in [1.165, 1.54) is 11.1 Å².